The lowest BCUT2D eigenvalue weighted by Crippen LogP contribution is -2.44. The zero-order valence-corrected chi connectivity index (χ0v) is 11.4. The topological polar surface area (TPSA) is 81.1 Å². The Bertz CT molecular complexity index is 593. The molecule has 1 aliphatic heterocycles. The molecule has 2 aromatic rings. The quantitative estimate of drug-likeness (QED) is 0.835. The molecule has 3 rings (SSSR count). The van der Waals surface area contributed by atoms with Crippen LogP contribution >= 0.6 is 0 Å². The molecular formula is C14H15N5O2. The normalized spacial score (nSPS) is 18.3. The lowest BCUT2D eigenvalue weighted by molar-refractivity contribution is 0.0510. The van der Waals surface area contributed by atoms with Crippen LogP contribution in [-0.4, -0.2) is 49.9 Å². The number of aromatic nitrogens is 4. The summed E-state index contributed by atoms with van der Waals surface area (Å²) in [6.07, 6.45) is 9.47. The Hall–Kier alpha value is -2.57. The van der Waals surface area contributed by atoms with Crippen molar-refractivity contribution in [3.8, 4) is 6.01 Å². The van der Waals surface area contributed by atoms with Crippen LogP contribution in [0, 0.1) is 0 Å². The van der Waals surface area contributed by atoms with Crippen molar-refractivity contribution in [3.63, 3.8) is 0 Å². The highest BCUT2D eigenvalue weighted by Crippen LogP contribution is 2.16. The lowest BCUT2D eigenvalue weighted by atomic mass is 10.1. The third kappa shape index (κ3) is 3.31. The molecule has 1 fully saturated rings. The second-order valence-corrected chi connectivity index (χ2v) is 4.76. The van der Waals surface area contributed by atoms with Crippen LogP contribution in [0.4, 0.5) is 0 Å². The fourth-order valence-electron chi connectivity index (χ4n) is 2.29. The summed E-state index contributed by atoms with van der Waals surface area (Å²) in [6, 6.07) is 2.08. The number of rotatable bonds is 3. The van der Waals surface area contributed by atoms with Gasteiger partial charge < -0.3 is 9.64 Å². The highest BCUT2D eigenvalue weighted by Gasteiger charge is 2.26. The fraction of sp³-hybridized carbons (Fsp3) is 0.357. The molecule has 1 aliphatic rings. The summed E-state index contributed by atoms with van der Waals surface area (Å²) in [6.45, 7) is 1.21. The molecule has 1 amide bonds. The first-order valence-electron chi connectivity index (χ1n) is 6.82. The van der Waals surface area contributed by atoms with E-state index in [-0.39, 0.29) is 12.0 Å². The van der Waals surface area contributed by atoms with Gasteiger partial charge in [-0.3, -0.25) is 9.78 Å². The molecule has 1 saturated heterocycles. The third-order valence-electron chi connectivity index (χ3n) is 3.26. The zero-order valence-electron chi connectivity index (χ0n) is 11.4. The van der Waals surface area contributed by atoms with Gasteiger partial charge in [-0.15, -0.1) is 0 Å². The summed E-state index contributed by atoms with van der Waals surface area (Å²) in [7, 11) is 0. The first kappa shape index (κ1) is 13.4. The maximum absolute atomic E-state index is 12.3. The predicted octanol–water partition coefficient (Wildman–Crippen LogP) is 0.950. The highest BCUT2D eigenvalue weighted by atomic mass is 16.5. The molecule has 7 nitrogen and oxygen atoms in total. The van der Waals surface area contributed by atoms with Gasteiger partial charge in [0, 0.05) is 31.3 Å². The molecule has 2 aromatic heterocycles. The summed E-state index contributed by atoms with van der Waals surface area (Å²) < 4.78 is 5.72. The van der Waals surface area contributed by atoms with E-state index in [0.717, 1.165) is 12.8 Å². The largest absolute Gasteiger partial charge is 0.458 e. The highest BCUT2D eigenvalue weighted by molar-refractivity contribution is 5.92. The Morgan fingerprint density at radius 3 is 2.81 bits per heavy atom. The third-order valence-corrected chi connectivity index (χ3v) is 3.26. The van der Waals surface area contributed by atoms with E-state index in [0.29, 0.717) is 24.8 Å². The molecule has 1 unspecified atom stereocenters. The van der Waals surface area contributed by atoms with E-state index >= 15 is 0 Å². The molecule has 0 aliphatic carbocycles. The second kappa shape index (κ2) is 6.25. The van der Waals surface area contributed by atoms with Crippen molar-refractivity contribution < 1.29 is 9.53 Å². The molecule has 7 heteroatoms. The van der Waals surface area contributed by atoms with Gasteiger partial charge in [0.15, 0.2) is 0 Å². The van der Waals surface area contributed by atoms with E-state index in [2.05, 4.69) is 19.9 Å². The van der Waals surface area contributed by atoms with Crippen molar-refractivity contribution in [1.82, 2.24) is 24.8 Å². The van der Waals surface area contributed by atoms with E-state index < -0.39 is 0 Å². The molecule has 21 heavy (non-hydrogen) atoms. The number of likely N-dealkylation sites (tertiary alicyclic amines) is 1. The van der Waals surface area contributed by atoms with Gasteiger partial charge in [-0.1, -0.05) is 0 Å². The number of carbonyl (C=O) groups is 1. The molecule has 0 N–H and O–H groups in total. The number of carbonyl (C=O) groups excluding carboxylic acids is 1. The maximum Gasteiger partial charge on any atom is 0.316 e. The monoisotopic (exact) mass is 285 g/mol. The summed E-state index contributed by atoms with van der Waals surface area (Å²) in [5, 5.41) is 0. The van der Waals surface area contributed by atoms with Crippen LogP contribution in [0.25, 0.3) is 0 Å². The van der Waals surface area contributed by atoms with Crippen LogP contribution in [-0.2, 0) is 0 Å². The number of ether oxygens (including phenoxy) is 1. The first-order valence-corrected chi connectivity index (χ1v) is 6.82. The number of amides is 1. The molecule has 108 valence electrons. The minimum absolute atomic E-state index is 0.0956. The molecule has 3 heterocycles. The van der Waals surface area contributed by atoms with Crippen molar-refractivity contribution >= 4 is 5.91 Å². The second-order valence-electron chi connectivity index (χ2n) is 4.76. The Balaban J connectivity index is 1.64. The van der Waals surface area contributed by atoms with Crippen LogP contribution in [0.3, 0.4) is 0 Å². The van der Waals surface area contributed by atoms with Gasteiger partial charge in [0.1, 0.15) is 11.8 Å². The summed E-state index contributed by atoms with van der Waals surface area (Å²) >= 11 is 0. The lowest BCUT2D eigenvalue weighted by Gasteiger charge is -2.32. The fourth-order valence-corrected chi connectivity index (χ4v) is 2.29. The molecule has 1 atom stereocenters. The van der Waals surface area contributed by atoms with Crippen molar-refractivity contribution in [3.05, 3.63) is 42.7 Å². The summed E-state index contributed by atoms with van der Waals surface area (Å²) in [5.41, 5.74) is 0.356. The number of nitrogens with zero attached hydrogens (tertiary/aromatic N) is 5. The number of hydrogen-bond acceptors (Lipinski definition) is 6. The van der Waals surface area contributed by atoms with Crippen molar-refractivity contribution in [2.75, 3.05) is 13.1 Å². The molecular weight excluding hydrogens is 270 g/mol. The van der Waals surface area contributed by atoms with Gasteiger partial charge in [0.25, 0.3) is 5.91 Å². The van der Waals surface area contributed by atoms with Crippen molar-refractivity contribution in [2.45, 2.75) is 18.9 Å². The smallest absolute Gasteiger partial charge is 0.316 e. The maximum atomic E-state index is 12.3. The summed E-state index contributed by atoms with van der Waals surface area (Å²) in [4.78, 5) is 30.1. The standard InChI is InChI=1S/C14H15N5O2/c20-13(12-9-15-6-7-16-12)19-8-1-3-11(10-19)21-14-17-4-2-5-18-14/h2,4-7,9,11H,1,3,8,10H2. The summed E-state index contributed by atoms with van der Waals surface area (Å²) in [5.74, 6) is -0.120. The van der Waals surface area contributed by atoms with E-state index in [1.165, 1.54) is 12.4 Å². The Labute approximate surface area is 122 Å². The van der Waals surface area contributed by atoms with Crippen LogP contribution in [0.15, 0.2) is 37.1 Å². The van der Waals surface area contributed by atoms with Crippen LogP contribution in [0.2, 0.25) is 0 Å². The van der Waals surface area contributed by atoms with Crippen LogP contribution in [0.5, 0.6) is 6.01 Å². The van der Waals surface area contributed by atoms with E-state index in [1.54, 1.807) is 29.6 Å². The Morgan fingerprint density at radius 1 is 1.19 bits per heavy atom. The molecule has 0 bridgehead atoms. The van der Waals surface area contributed by atoms with Gasteiger partial charge in [0.2, 0.25) is 0 Å². The van der Waals surface area contributed by atoms with Crippen LogP contribution < -0.4 is 4.74 Å². The average Bonchev–Trinajstić information content (AvgIpc) is 2.56. The first-order chi connectivity index (χ1) is 10.3. The Morgan fingerprint density at radius 2 is 2.05 bits per heavy atom. The number of piperidine rings is 1. The van der Waals surface area contributed by atoms with E-state index in [9.17, 15) is 4.79 Å². The molecule has 0 radical (unpaired) electrons. The minimum atomic E-state index is -0.120. The number of hydrogen-bond donors (Lipinski definition) is 0. The van der Waals surface area contributed by atoms with Gasteiger partial charge in [-0.2, -0.15) is 0 Å². The van der Waals surface area contributed by atoms with Gasteiger partial charge in [-0.25, -0.2) is 15.0 Å². The molecule has 0 aromatic carbocycles. The predicted molar refractivity (Wildman–Crippen MR) is 73.6 cm³/mol. The van der Waals surface area contributed by atoms with Crippen LogP contribution in [0.1, 0.15) is 23.3 Å². The SMILES string of the molecule is O=C(c1cnccn1)N1CCCC(Oc2ncccn2)C1. The van der Waals surface area contributed by atoms with E-state index in [4.69, 9.17) is 4.74 Å². The van der Waals surface area contributed by atoms with Crippen molar-refractivity contribution in [1.29, 1.82) is 0 Å². The van der Waals surface area contributed by atoms with Crippen molar-refractivity contribution in [2.24, 2.45) is 0 Å². The van der Waals surface area contributed by atoms with Gasteiger partial charge in [0.05, 0.1) is 12.7 Å². The molecule has 0 spiro atoms. The average molecular weight is 285 g/mol. The molecule has 0 saturated carbocycles. The Kier molecular flexibility index (Phi) is 3.99. The van der Waals surface area contributed by atoms with Gasteiger partial charge in [-0.05, 0) is 18.9 Å². The van der Waals surface area contributed by atoms with E-state index in [1.807, 2.05) is 0 Å². The zero-order chi connectivity index (χ0) is 14.5. The van der Waals surface area contributed by atoms with Gasteiger partial charge >= 0.3 is 6.01 Å². The minimum Gasteiger partial charge on any atom is -0.458 e.